The lowest BCUT2D eigenvalue weighted by atomic mass is 10.3. The topological polar surface area (TPSA) is 104 Å². The van der Waals surface area contributed by atoms with Gasteiger partial charge in [0.05, 0.1) is 5.25 Å². The number of thioether (sulfide) groups is 1. The molecular weight excluding hydrogens is 386 g/mol. The van der Waals surface area contributed by atoms with Crippen molar-refractivity contribution in [2.45, 2.75) is 42.3 Å². The summed E-state index contributed by atoms with van der Waals surface area (Å²) in [6.07, 6.45) is 1.94. The summed E-state index contributed by atoms with van der Waals surface area (Å²) >= 11 is 2.47. The number of amides is 4. The van der Waals surface area contributed by atoms with E-state index in [2.05, 4.69) is 20.8 Å². The molecule has 0 radical (unpaired) electrons. The van der Waals surface area contributed by atoms with Gasteiger partial charge in [-0.1, -0.05) is 41.3 Å². The van der Waals surface area contributed by atoms with Crippen LogP contribution in [0.2, 0.25) is 0 Å². The van der Waals surface area contributed by atoms with Gasteiger partial charge >= 0.3 is 6.03 Å². The standard InChI is InChI=1S/C17H19N5O3S2/c1-10(14(24)19-15(25)18-12-6-4-3-5-7-12)26-17-21-20-16(27-17)22(11(2)23)13-8-9-13/h3-7,10,13H,8-9H2,1-2H3,(H2,18,19,24,25)/t10-/m0/s1. The van der Waals surface area contributed by atoms with Crippen LogP contribution in [0, 0.1) is 0 Å². The molecule has 2 aromatic rings. The first kappa shape index (κ1) is 19.3. The Labute approximate surface area is 164 Å². The third kappa shape index (κ3) is 5.27. The molecule has 8 nitrogen and oxygen atoms in total. The average Bonchev–Trinajstić information content (AvgIpc) is 3.34. The van der Waals surface area contributed by atoms with Gasteiger partial charge < -0.3 is 5.32 Å². The summed E-state index contributed by atoms with van der Waals surface area (Å²) in [6, 6.07) is 8.48. The molecule has 27 heavy (non-hydrogen) atoms. The van der Waals surface area contributed by atoms with Crippen LogP contribution in [0.1, 0.15) is 26.7 Å². The molecule has 1 heterocycles. The van der Waals surface area contributed by atoms with Crippen molar-refractivity contribution >= 4 is 51.8 Å². The minimum absolute atomic E-state index is 0.0615. The molecule has 1 fully saturated rings. The van der Waals surface area contributed by atoms with Gasteiger partial charge in [-0.05, 0) is 31.9 Å². The lowest BCUT2D eigenvalue weighted by molar-refractivity contribution is -0.119. The molecule has 10 heteroatoms. The van der Waals surface area contributed by atoms with Crippen LogP contribution >= 0.6 is 23.1 Å². The van der Waals surface area contributed by atoms with Crippen molar-refractivity contribution in [2.75, 3.05) is 10.2 Å². The predicted octanol–water partition coefficient (Wildman–Crippen LogP) is 2.88. The molecule has 0 unspecified atom stereocenters. The van der Waals surface area contributed by atoms with E-state index in [1.54, 1.807) is 36.1 Å². The molecule has 0 saturated heterocycles. The van der Waals surface area contributed by atoms with E-state index in [1.807, 2.05) is 6.07 Å². The summed E-state index contributed by atoms with van der Waals surface area (Å²) in [7, 11) is 0. The van der Waals surface area contributed by atoms with E-state index >= 15 is 0 Å². The maximum Gasteiger partial charge on any atom is 0.325 e. The third-order valence-corrected chi connectivity index (χ3v) is 5.88. The number of aromatic nitrogens is 2. The fraction of sp³-hybridized carbons (Fsp3) is 0.353. The van der Waals surface area contributed by atoms with Gasteiger partial charge in [0.15, 0.2) is 4.34 Å². The SMILES string of the molecule is CC(=O)N(c1nnc(S[C@@H](C)C(=O)NC(=O)Nc2ccccc2)s1)C1CC1. The van der Waals surface area contributed by atoms with Gasteiger partial charge in [0.25, 0.3) is 0 Å². The first-order chi connectivity index (χ1) is 12.9. The quantitative estimate of drug-likeness (QED) is 0.566. The first-order valence-electron chi connectivity index (χ1n) is 8.41. The summed E-state index contributed by atoms with van der Waals surface area (Å²) in [5.74, 6) is -0.496. The fourth-order valence-electron chi connectivity index (χ4n) is 2.33. The van der Waals surface area contributed by atoms with E-state index in [-0.39, 0.29) is 11.9 Å². The second kappa shape index (κ2) is 8.49. The van der Waals surface area contributed by atoms with Crippen LogP contribution in [0.4, 0.5) is 15.6 Å². The highest BCUT2D eigenvalue weighted by Gasteiger charge is 2.34. The molecule has 1 atom stereocenters. The van der Waals surface area contributed by atoms with Gasteiger partial charge in [0, 0.05) is 18.7 Å². The zero-order valence-electron chi connectivity index (χ0n) is 14.8. The molecule has 0 aliphatic heterocycles. The van der Waals surface area contributed by atoms with Gasteiger partial charge in [-0.15, -0.1) is 10.2 Å². The molecule has 0 bridgehead atoms. The van der Waals surface area contributed by atoms with Crippen LogP contribution in [0.5, 0.6) is 0 Å². The van der Waals surface area contributed by atoms with E-state index in [0.717, 1.165) is 12.8 Å². The van der Waals surface area contributed by atoms with Crippen molar-refractivity contribution in [3.63, 3.8) is 0 Å². The molecule has 1 aliphatic carbocycles. The van der Waals surface area contributed by atoms with Crippen LogP contribution in [0.3, 0.4) is 0 Å². The van der Waals surface area contributed by atoms with Crippen molar-refractivity contribution in [3.8, 4) is 0 Å². The monoisotopic (exact) mass is 405 g/mol. The minimum Gasteiger partial charge on any atom is -0.308 e. The number of hydrogen-bond acceptors (Lipinski definition) is 7. The van der Waals surface area contributed by atoms with Crippen LogP contribution in [0.25, 0.3) is 0 Å². The zero-order chi connectivity index (χ0) is 19.4. The van der Waals surface area contributed by atoms with Crippen molar-refractivity contribution in [3.05, 3.63) is 30.3 Å². The Morgan fingerprint density at radius 1 is 1.22 bits per heavy atom. The summed E-state index contributed by atoms with van der Waals surface area (Å²) in [6.45, 7) is 3.19. The second-order valence-electron chi connectivity index (χ2n) is 6.04. The molecule has 1 aromatic carbocycles. The number of carbonyl (C=O) groups is 3. The molecule has 1 aromatic heterocycles. The molecule has 0 spiro atoms. The lowest BCUT2D eigenvalue weighted by Crippen LogP contribution is -2.38. The van der Waals surface area contributed by atoms with Gasteiger partial charge in [0.2, 0.25) is 16.9 Å². The highest BCUT2D eigenvalue weighted by Crippen LogP contribution is 2.36. The smallest absolute Gasteiger partial charge is 0.308 e. The summed E-state index contributed by atoms with van der Waals surface area (Å²) in [5.41, 5.74) is 0.598. The number of imide groups is 1. The van der Waals surface area contributed by atoms with E-state index in [4.69, 9.17) is 0 Å². The number of hydrogen-bond donors (Lipinski definition) is 2. The van der Waals surface area contributed by atoms with Gasteiger partial charge in [0.1, 0.15) is 0 Å². The maximum atomic E-state index is 12.2. The number of rotatable bonds is 6. The maximum absolute atomic E-state index is 12.2. The highest BCUT2D eigenvalue weighted by atomic mass is 32.2. The van der Waals surface area contributed by atoms with Crippen molar-refractivity contribution in [2.24, 2.45) is 0 Å². The first-order valence-corrected chi connectivity index (χ1v) is 10.1. The van der Waals surface area contributed by atoms with Crippen LogP contribution in [-0.2, 0) is 9.59 Å². The normalized spacial score (nSPS) is 14.3. The average molecular weight is 406 g/mol. The Balaban J connectivity index is 1.53. The summed E-state index contributed by atoms with van der Waals surface area (Å²) in [4.78, 5) is 37.6. The van der Waals surface area contributed by atoms with E-state index in [9.17, 15) is 14.4 Å². The largest absolute Gasteiger partial charge is 0.325 e. The molecule has 4 amide bonds. The number of nitrogens with zero attached hydrogens (tertiary/aromatic N) is 3. The van der Waals surface area contributed by atoms with Crippen LogP contribution in [0.15, 0.2) is 34.7 Å². The number of para-hydroxylation sites is 1. The fourth-order valence-corrected chi connectivity index (χ4v) is 4.43. The molecular formula is C17H19N5O3S2. The van der Waals surface area contributed by atoms with E-state index in [1.165, 1.54) is 30.0 Å². The van der Waals surface area contributed by atoms with Crippen molar-refractivity contribution in [1.29, 1.82) is 0 Å². The van der Waals surface area contributed by atoms with Crippen LogP contribution < -0.4 is 15.5 Å². The predicted molar refractivity (Wildman–Crippen MR) is 105 cm³/mol. The number of carbonyl (C=O) groups excluding carboxylic acids is 3. The molecule has 1 saturated carbocycles. The molecule has 2 N–H and O–H groups in total. The Morgan fingerprint density at radius 3 is 2.56 bits per heavy atom. The Bertz CT molecular complexity index is 838. The summed E-state index contributed by atoms with van der Waals surface area (Å²) in [5, 5.41) is 13.0. The number of nitrogens with one attached hydrogen (secondary N) is 2. The Morgan fingerprint density at radius 2 is 1.93 bits per heavy atom. The van der Waals surface area contributed by atoms with Crippen LogP contribution in [-0.4, -0.2) is 39.3 Å². The molecule has 142 valence electrons. The highest BCUT2D eigenvalue weighted by molar-refractivity contribution is 8.02. The van der Waals surface area contributed by atoms with E-state index in [0.29, 0.717) is 15.2 Å². The lowest BCUT2D eigenvalue weighted by Gasteiger charge is -2.15. The Kier molecular flexibility index (Phi) is 6.07. The number of benzene rings is 1. The molecule has 1 aliphatic rings. The number of urea groups is 1. The number of anilines is 2. The Hall–Kier alpha value is -2.46. The van der Waals surface area contributed by atoms with E-state index < -0.39 is 17.2 Å². The third-order valence-electron chi connectivity index (χ3n) is 3.77. The zero-order valence-corrected chi connectivity index (χ0v) is 16.5. The summed E-state index contributed by atoms with van der Waals surface area (Å²) < 4.78 is 0.572. The van der Waals surface area contributed by atoms with Gasteiger partial charge in [-0.2, -0.15) is 0 Å². The van der Waals surface area contributed by atoms with Gasteiger partial charge in [-0.3, -0.25) is 19.8 Å². The van der Waals surface area contributed by atoms with Gasteiger partial charge in [-0.25, -0.2) is 4.79 Å². The second-order valence-corrected chi connectivity index (χ2v) is 8.58. The van der Waals surface area contributed by atoms with Crippen molar-refractivity contribution < 1.29 is 14.4 Å². The van der Waals surface area contributed by atoms with Crippen molar-refractivity contribution in [1.82, 2.24) is 15.5 Å². The molecule has 3 rings (SSSR count). The minimum atomic E-state index is -0.590.